The van der Waals surface area contributed by atoms with Crippen molar-refractivity contribution in [2.24, 2.45) is 23.5 Å². The molecule has 98 valence electrons. The Bertz CT molecular complexity index is 373. The van der Waals surface area contributed by atoms with Crippen LogP contribution in [0.2, 0.25) is 0 Å². The minimum absolute atomic E-state index is 0.376. The van der Waals surface area contributed by atoms with E-state index in [4.69, 9.17) is 5.73 Å². The van der Waals surface area contributed by atoms with Crippen molar-refractivity contribution < 1.29 is 0 Å². The van der Waals surface area contributed by atoms with E-state index in [0.717, 1.165) is 24.3 Å². The van der Waals surface area contributed by atoms with Crippen LogP contribution >= 0.6 is 0 Å². The third kappa shape index (κ3) is 2.32. The smallest absolute Gasteiger partial charge is 0.0233 e. The Labute approximate surface area is 110 Å². The standard InChI is InChI=1S/C16H24N2/c1-12(17)16-14-7-8-15(16)11-18(10-14)9-13-5-3-2-4-6-13/h2-6,12,14-16H,7-11,17H2,1H3/t12-,14-,15+,16?/m0/s1. The molecule has 3 rings (SSSR count). The van der Waals surface area contributed by atoms with Crippen LogP contribution in [0.1, 0.15) is 25.3 Å². The molecule has 0 radical (unpaired) electrons. The van der Waals surface area contributed by atoms with Crippen LogP contribution in [-0.2, 0) is 6.54 Å². The highest BCUT2D eigenvalue weighted by Gasteiger charge is 2.43. The molecule has 2 aliphatic rings. The van der Waals surface area contributed by atoms with Crippen molar-refractivity contribution in [1.82, 2.24) is 4.90 Å². The van der Waals surface area contributed by atoms with E-state index in [1.807, 2.05) is 0 Å². The Morgan fingerprint density at radius 3 is 2.33 bits per heavy atom. The summed E-state index contributed by atoms with van der Waals surface area (Å²) in [6.45, 7) is 5.80. The van der Waals surface area contributed by atoms with Crippen LogP contribution in [0.25, 0.3) is 0 Å². The fourth-order valence-corrected chi connectivity index (χ4v) is 4.19. The van der Waals surface area contributed by atoms with E-state index >= 15 is 0 Å². The normalized spacial score (nSPS) is 33.6. The lowest BCUT2D eigenvalue weighted by atomic mass is 9.80. The molecule has 0 aromatic heterocycles. The molecule has 2 heteroatoms. The highest BCUT2D eigenvalue weighted by Crippen LogP contribution is 2.43. The van der Waals surface area contributed by atoms with Crippen LogP contribution in [-0.4, -0.2) is 24.0 Å². The number of nitrogens with zero attached hydrogens (tertiary/aromatic N) is 1. The molecule has 2 N–H and O–H groups in total. The third-order valence-electron chi connectivity index (χ3n) is 4.84. The first-order valence-corrected chi connectivity index (χ1v) is 7.26. The molecule has 1 unspecified atom stereocenters. The monoisotopic (exact) mass is 244 g/mol. The van der Waals surface area contributed by atoms with Gasteiger partial charge in [0.15, 0.2) is 0 Å². The van der Waals surface area contributed by atoms with Crippen molar-refractivity contribution >= 4 is 0 Å². The van der Waals surface area contributed by atoms with Gasteiger partial charge in [0.05, 0.1) is 0 Å². The van der Waals surface area contributed by atoms with Gasteiger partial charge in [0.1, 0.15) is 0 Å². The second-order valence-electron chi connectivity index (χ2n) is 6.21. The molecule has 1 aliphatic heterocycles. The summed E-state index contributed by atoms with van der Waals surface area (Å²) in [7, 11) is 0. The van der Waals surface area contributed by atoms with Crippen LogP contribution in [0, 0.1) is 17.8 Å². The number of rotatable bonds is 3. The van der Waals surface area contributed by atoms with Gasteiger partial charge < -0.3 is 5.73 Å². The summed E-state index contributed by atoms with van der Waals surface area (Å²) in [5, 5.41) is 0. The lowest BCUT2D eigenvalue weighted by molar-refractivity contribution is 0.0911. The predicted molar refractivity (Wildman–Crippen MR) is 75.1 cm³/mol. The van der Waals surface area contributed by atoms with E-state index in [2.05, 4.69) is 42.2 Å². The van der Waals surface area contributed by atoms with Gasteiger partial charge in [0.2, 0.25) is 0 Å². The molecule has 1 saturated carbocycles. The molecule has 2 fully saturated rings. The molecule has 0 amide bonds. The van der Waals surface area contributed by atoms with Crippen LogP contribution < -0.4 is 5.73 Å². The van der Waals surface area contributed by atoms with Gasteiger partial charge in [-0.1, -0.05) is 30.3 Å². The number of hydrogen-bond acceptors (Lipinski definition) is 2. The predicted octanol–water partition coefficient (Wildman–Crippen LogP) is 2.49. The molecule has 1 aliphatic carbocycles. The Morgan fingerprint density at radius 1 is 1.17 bits per heavy atom. The van der Waals surface area contributed by atoms with Crippen molar-refractivity contribution in [3.63, 3.8) is 0 Å². The van der Waals surface area contributed by atoms with Crippen LogP contribution in [0.5, 0.6) is 0 Å². The molecule has 2 nitrogen and oxygen atoms in total. The average Bonchev–Trinajstić information content (AvgIpc) is 2.63. The summed E-state index contributed by atoms with van der Waals surface area (Å²) in [5.74, 6) is 2.46. The molecule has 18 heavy (non-hydrogen) atoms. The van der Waals surface area contributed by atoms with Gasteiger partial charge in [-0.05, 0) is 43.1 Å². The summed E-state index contributed by atoms with van der Waals surface area (Å²) < 4.78 is 0. The van der Waals surface area contributed by atoms with E-state index in [1.54, 1.807) is 0 Å². The molecule has 2 bridgehead atoms. The summed E-state index contributed by atoms with van der Waals surface area (Å²) in [6, 6.07) is 11.2. The first-order valence-electron chi connectivity index (χ1n) is 7.26. The van der Waals surface area contributed by atoms with Crippen LogP contribution in [0.15, 0.2) is 30.3 Å². The first-order chi connectivity index (χ1) is 8.74. The lowest BCUT2D eigenvalue weighted by Crippen LogP contribution is -2.47. The quantitative estimate of drug-likeness (QED) is 0.885. The maximum absolute atomic E-state index is 6.17. The molecular formula is C16H24N2. The second kappa shape index (κ2) is 5.02. The fraction of sp³-hybridized carbons (Fsp3) is 0.625. The van der Waals surface area contributed by atoms with Gasteiger partial charge in [0.25, 0.3) is 0 Å². The first kappa shape index (κ1) is 12.2. The van der Waals surface area contributed by atoms with E-state index in [9.17, 15) is 0 Å². The van der Waals surface area contributed by atoms with Crippen molar-refractivity contribution in [2.75, 3.05) is 13.1 Å². The minimum atomic E-state index is 0.376. The average molecular weight is 244 g/mol. The van der Waals surface area contributed by atoms with Gasteiger partial charge in [-0.2, -0.15) is 0 Å². The van der Waals surface area contributed by atoms with Crippen molar-refractivity contribution in [3.8, 4) is 0 Å². The second-order valence-corrected chi connectivity index (χ2v) is 6.21. The molecule has 1 saturated heterocycles. The zero-order valence-electron chi connectivity index (χ0n) is 11.3. The SMILES string of the molecule is C[C@H](N)C1[C@@H]2CC[C@H]1CN(Cc1ccccc1)C2. The van der Waals surface area contributed by atoms with Crippen molar-refractivity contribution in [1.29, 1.82) is 0 Å². The number of fused-ring (bicyclic) bond motifs is 2. The lowest BCUT2D eigenvalue weighted by Gasteiger charge is -2.40. The molecule has 4 atom stereocenters. The summed E-state index contributed by atoms with van der Waals surface area (Å²) in [5.41, 5.74) is 7.61. The summed E-state index contributed by atoms with van der Waals surface area (Å²) in [6.07, 6.45) is 2.78. The number of piperidine rings is 1. The summed E-state index contributed by atoms with van der Waals surface area (Å²) in [4.78, 5) is 2.64. The maximum Gasteiger partial charge on any atom is 0.0233 e. The summed E-state index contributed by atoms with van der Waals surface area (Å²) >= 11 is 0. The highest BCUT2D eigenvalue weighted by molar-refractivity contribution is 5.14. The Morgan fingerprint density at radius 2 is 1.78 bits per heavy atom. The van der Waals surface area contributed by atoms with E-state index in [-0.39, 0.29) is 0 Å². The molecule has 1 aromatic carbocycles. The van der Waals surface area contributed by atoms with Crippen LogP contribution in [0.3, 0.4) is 0 Å². The maximum atomic E-state index is 6.17. The molecular weight excluding hydrogens is 220 g/mol. The molecule has 1 heterocycles. The van der Waals surface area contributed by atoms with E-state index < -0.39 is 0 Å². The van der Waals surface area contributed by atoms with Crippen molar-refractivity contribution in [2.45, 2.75) is 32.4 Å². The largest absolute Gasteiger partial charge is 0.328 e. The van der Waals surface area contributed by atoms with Gasteiger partial charge in [-0.3, -0.25) is 4.90 Å². The number of likely N-dealkylation sites (tertiary alicyclic amines) is 1. The Balaban J connectivity index is 1.65. The van der Waals surface area contributed by atoms with E-state index in [0.29, 0.717) is 6.04 Å². The zero-order chi connectivity index (χ0) is 12.5. The Hall–Kier alpha value is -0.860. The number of hydrogen-bond donors (Lipinski definition) is 1. The zero-order valence-corrected chi connectivity index (χ0v) is 11.3. The van der Waals surface area contributed by atoms with Crippen molar-refractivity contribution in [3.05, 3.63) is 35.9 Å². The molecule has 0 spiro atoms. The van der Waals surface area contributed by atoms with Crippen LogP contribution in [0.4, 0.5) is 0 Å². The van der Waals surface area contributed by atoms with E-state index in [1.165, 1.54) is 31.5 Å². The van der Waals surface area contributed by atoms with Gasteiger partial charge >= 0.3 is 0 Å². The number of nitrogens with two attached hydrogens (primary N) is 1. The van der Waals surface area contributed by atoms with Gasteiger partial charge in [-0.25, -0.2) is 0 Å². The molecule has 1 aromatic rings. The van der Waals surface area contributed by atoms with Gasteiger partial charge in [-0.15, -0.1) is 0 Å². The number of benzene rings is 1. The van der Waals surface area contributed by atoms with Gasteiger partial charge in [0, 0.05) is 25.7 Å². The minimum Gasteiger partial charge on any atom is -0.328 e. The Kier molecular flexibility index (Phi) is 3.40. The third-order valence-corrected chi connectivity index (χ3v) is 4.84. The topological polar surface area (TPSA) is 29.3 Å². The highest BCUT2D eigenvalue weighted by atomic mass is 15.1. The fourth-order valence-electron chi connectivity index (χ4n) is 4.19.